The van der Waals surface area contributed by atoms with Gasteiger partial charge in [-0.05, 0) is 45.4 Å². The number of carbonyl (C=O) groups excluding carboxylic acids is 1. The minimum Gasteiger partial charge on any atom is -0.466 e. The molecule has 0 aromatic rings. The highest BCUT2D eigenvalue weighted by atomic mass is 16.5. The van der Waals surface area contributed by atoms with Crippen LogP contribution < -0.4 is 0 Å². The number of hydrogen-bond acceptors (Lipinski definition) is 3. The van der Waals surface area contributed by atoms with E-state index in [-0.39, 0.29) is 5.97 Å². The van der Waals surface area contributed by atoms with Gasteiger partial charge in [-0.1, -0.05) is 68.4 Å². The summed E-state index contributed by atoms with van der Waals surface area (Å²) in [6, 6.07) is 0. The van der Waals surface area contributed by atoms with Crippen LogP contribution in [0, 0.1) is 0 Å². The van der Waals surface area contributed by atoms with E-state index in [4.69, 9.17) is 4.74 Å². The molecule has 0 aromatic carbocycles. The molecule has 0 amide bonds. The molecule has 0 radical (unpaired) electrons. The maximum absolute atomic E-state index is 11.1. The first-order chi connectivity index (χ1) is 12.2. The summed E-state index contributed by atoms with van der Waals surface area (Å²) in [6.07, 6.45) is 24.3. The Hall–Kier alpha value is -1.61. The van der Waals surface area contributed by atoms with E-state index in [1.807, 2.05) is 31.2 Å². The predicted molar refractivity (Wildman–Crippen MR) is 106 cm³/mol. The van der Waals surface area contributed by atoms with Crippen molar-refractivity contribution >= 4 is 5.97 Å². The van der Waals surface area contributed by atoms with Crippen LogP contribution in [-0.4, -0.2) is 23.8 Å². The number of aliphatic hydroxyl groups is 1. The largest absolute Gasteiger partial charge is 0.466 e. The van der Waals surface area contributed by atoms with Crippen molar-refractivity contribution in [3.63, 3.8) is 0 Å². The first-order valence-corrected chi connectivity index (χ1v) is 9.67. The van der Waals surface area contributed by atoms with E-state index in [1.165, 1.54) is 19.3 Å². The van der Waals surface area contributed by atoms with Gasteiger partial charge < -0.3 is 9.84 Å². The van der Waals surface area contributed by atoms with Crippen LogP contribution in [0.15, 0.2) is 48.6 Å². The van der Waals surface area contributed by atoms with Gasteiger partial charge in [0.05, 0.1) is 12.7 Å². The van der Waals surface area contributed by atoms with Crippen molar-refractivity contribution in [1.29, 1.82) is 0 Å². The minimum atomic E-state index is -0.412. The third-order valence-electron chi connectivity index (χ3n) is 3.59. The highest BCUT2D eigenvalue weighted by molar-refractivity contribution is 5.69. The van der Waals surface area contributed by atoms with Crippen LogP contribution in [0.4, 0.5) is 0 Å². The first-order valence-electron chi connectivity index (χ1n) is 9.67. The van der Waals surface area contributed by atoms with Gasteiger partial charge in [0.15, 0.2) is 0 Å². The van der Waals surface area contributed by atoms with E-state index < -0.39 is 6.10 Å². The Morgan fingerprint density at radius 2 is 1.72 bits per heavy atom. The van der Waals surface area contributed by atoms with Crippen LogP contribution in [0.5, 0.6) is 0 Å². The van der Waals surface area contributed by atoms with Crippen LogP contribution in [0.2, 0.25) is 0 Å². The lowest BCUT2D eigenvalue weighted by Crippen LogP contribution is -2.02. The minimum absolute atomic E-state index is 0.115. The summed E-state index contributed by atoms with van der Waals surface area (Å²) in [5.41, 5.74) is 0. The van der Waals surface area contributed by atoms with E-state index >= 15 is 0 Å². The van der Waals surface area contributed by atoms with Crippen LogP contribution >= 0.6 is 0 Å². The molecule has 1 N–H and O–H groups in total. The SMILES string of the molecule is CCCCCC=CCC(O)C=CC=CCC=CCCCC(=O)OCC. The fourth-order valence-corrected chi connectivity index (χ4v) is 2.18. The molecule has 1 atom stereocenters. The van der Waals surface area contributed by atoms with Gasteiger partial charge in [0.25, 0.3) is 0 Å². The van der Waals surface area contributed by atoms with Crippen molar-refractivity contribution < 1.29 is 14.6 Å². The lowest BCUT2D eigenvalue weighted by atomic mass is 10.1. The second-order valence-electron chi connectivity index (χ2n) is 5.99. The Morgan fingerprint density at radius 1 is 0.960 bits per heavy atom. The van der Waals surface area contributed by atoms with E-state index in [2.05, 4.69) is 31.2 Å². The van der Waals surface area contributed by atoms with Gasteiger partial charge in [-0.15, -0.1) is 0 Å². The maximum atomic E-state index is 11.1. The summed E-state index contributed by atoms with van der Waals surface area (Å²) in [4.78, 5) is 11.1. The molecule has 0 aliphatic carbocycles. The number of esters is 1. The highest BCUT2D eigenvalue weighted by Crippen LogP contribution is 2.03. The zero-order valence-electron chi connectivity index (χ0n) is 16.0. The molecule has 142 valence electrons. The lowest BCUT2D eigenvalue weighted by molar-refractivity contribution is -0.143. The van der Waals surface area contributed by atoms with Gasteiger partial charge in [0, 0.05) is 6.42 Å². The molecule has 1 unspecified atom stereocenters. The molecule has 0 spiro atoms. The number of aliphatic hydroxyl groups excluding tert-OH is 1. The van der Waals surface area contributed by atoms with Gasteiger partial charge in [0.2, 0.25) is 0 Å². The number of ether oxygens (including phenoxy) is 1. The number of carbonyl (C=O) groups is 1. The molecule has 0 rings (SSSR count). The summed E-state index contributed by atoms with van der Waals surface area (Å²) in [5.74, 6) is -0.115. The van der Waals surface area contributed by atoms with Crippen molar-refractivity contribution in [2.45, 2.75) is 77.7 Å². The third-order valence-corrected chi connectivity index (χ3v) is 3.59. The molecule has 3 nitrogen and oxygen atoms in total. The molecular weight excluding hydrogens is 312 g/mol. The zero-order valence-corrected chi connectivity index (χ0v) is 16.0. The predicted octanol–water partition coefficient (Wildman–Crippen LogP) is 5.67. The number of hydrogen-bond donors (Lipinski definition) is 1. The topological polar surface area (TPSA) is 46.5 Å². The maximum Gasteiger partial charge on any atom is 0.305 e. The molecule has 25 heavy (non-hydrogen) atoms. The van der Waals surface area contributed by atoms with E-state index in [1.54, 1.807) is 0 Å². The van der Waals surface area contributed by atoms with E-state index in [0.717, 1.165) is 25.7 Å². The monoisotopic (exact) mass is 348 g/mol. The van der Waals surface area contributed by atoms with E-state index in [9.17, 15) is 9.90 Å². The smallest absolute Gasteiger partial charge is 0.305 e. The Bertz CT molecular complexity index is 419. The van der Waals surface area contributed by atoms with Crippen molar-refractivity contribution in [2.75, 3.05) is 6.61 Å². The van der Waals surface area contributed by atoms with Crippen molar-refractivity contribution in [1.82, 2.24) is 0 Å². The van der Waals surface area contributed by atoms with Crippen molar-refractivity contribution in [3.05, 3.63) is 48.6 Å². The summed E-state index contributed by atoms with van der Waals surface area (Å²) < 4.78 is 4.87. The Morgan fingerprint density at radius 3 is 2.48 bits per heavy atom. The van der Waals surface area contributed by atoms with Crippen LogP contribution in [0.1, 0.15) is 71.6 Å². The summed E-state index contributed by atoms with van der Waals surface area (Å²) in [5, 5.41) is 9.81. The molecule has 3 heteroatoms. The zero-order chi connectivity index (χ0) is 18.6. The molecule has 0 aromatic heterocycles. The van der Waals surface area contributed by atoms with Crippen molar-refractivity contribution in [2.24, 2.45) is 0 Å². The summed E-state index contributed by atoms with van der Waals surface area (Å²) >= 11 is 0. The molecule has 0 saturated heterocycles. The van der Waals surface area contributed by atoms with Crippen LogP contribution in [-0.2, 0) is 9.53 Å². The normalized spacial score (nSPS) is 13.6. The fraction of sp³-hybridized carbons (Fsp3) is 0.591. The van der Waals surface area contributed by atoms with Gasteiger partial charge in [0.1, 0.15) is 0 Å². The standard InChI is InChI=1S/C22H36O3/c1-3-5-6-7-12-15-18-21(23)19-16-13-10-8-9-11-14-17-20-22(24)25-4-2/h9-13,15-16,19,21,23H,3-8,14,17-18,20H2,1-2H3. The van der Waals surface area contributed by atoms with Crippen LogP contribution in [0.25, 0.3) is 0 Å². The Balaban J connectivity index is 3.63. The number of unbranched alkanes of at least 4 members (excludes halogenated alkanes) is 4. The van der Waals surface area contributed by atoms with E-state index in [0.29, 0.717) is 19.4 Å². The Labute approximate surface area is 154 Å². The highest BCUT2D eigenvalue weighted by Gasteiger charge is 1.98. The molecular formula is C22H36O3. The van der Waals surface area contributed by atoms with Gasteiger partial charge >= 0.3 is 5.97 Å². The summed E-state index contributed by atoms with van der Waals surface area (Å²) in [6.45, 7) is 4.48. The Kier molecular flexibility index (Phi) is 17.5. The van der Waals surface area contributed by atoms with Crippen molar-refractivity contribution in [3.8, 4) is 0 Å². The number of allylic oxidation sites excluding steroid dienone is 6. The van der Waals surface area contributed by atoms with Crippen LogP contribution in [0.3, 0.4) is 0 Å². The molecule has 0 saturated carbocycles. The number of rotatable bonds is 15. The second kappa shape index (κ2) is 18.7. The average molecular weight is 349 g/mol. The quantitative estimate of drug-likeness (QED) is 0.180. The molecule has 0 heterocycles. The fourth-order valence-electron chi connectivity index (χ4n) is 2.18. The van der Waals surface area contributed by atoms with Gasteiger partial charge in [-0.25, -0.2) is 0 Å². The molecule has 0 aliphatic rings. The molecule has 0 aliphatic heterocycles. The third kappa shape index (κ3) is 18.6. The molecule has 0 bridgehead atoms. The average Bonchev–Trinajstić information content (AvgIpc) is 2.59. The molecule has 0 fully saturated rings. The summed E-state index contributed by atoms with van der Waals surface area (Å²) in [7, 11) is 0. The van der Waals surface area contributed by atoms with Gasteiger partial charge in [-0.2, -0.15) is 0 Å². The first kappa shape index (κ1) is 23.4. The second-order valence-corrected chi connectivity index (χ2v) is 5.99. The lowest BCUT2D eigenvalue weighted by Gasteiger charge is -1.99. The van der Waals surface area contributed by atoms with Gasteiger partial charge in [-0.3, -0.25) is 4.79 Å².